The van der Waals surface area contributed by atoms with Crippen LogP contribution in [0.5, 0.6) is 0 Å². The van der Waals surface area contributed by atoms with Gasteiger partial charge in [-0.1, -0.05) is 12.2 Å². The quantitative estimate of drug-likeness (QED) is 0.685. The molecular weight excluding hydrogens is 294 g/mol. The molecule has 2 aromatic heterocycles. The zero-order valence-corrected chi connectivity index (χ0v) is 12.8. The van der Waals surface area contributed by atoms with E-state index < -0.39 is 0 Å². The van der Waals surface area contributed by atoms with Gasteiger partial charge in [0, 0.05) is 31.7 Å². The van der Waals surface area contributed by atoms with Gasteiger partial charge in [0.15, 0.2) is 17.0 Å². The number of allylic oxidation sites excluding steroid dienone is 1. The zero-order valence-electron chi connectivity index (χ0n) is 12.8. The van der Waals surface area contributed by atoms with Crippen LogP contribution < -0.4 is 16.4 Å². The number of aliphatic hydroxyl groups is 1. The van der Waals surface area contributed by atoms with Crippen molar-refractivity contribution in [3.8, 4) is 0 Å². The number of rotatable bonds is 3. The van der Waals surface area contributed by atoms with Crippen LogP contribution in [0, 0.1) is 5.92 Å². The van der Waals surface area contributed by atoms with Crippen LogP contribution in [0.1, 0.15) is 18.9 Å². The molecular formula is C15H21N7O. The molecule has 0 unspecified atom stereocenters. The minimum absolute atomic E-state index is 0.139. The molecule has 122 valence electrons. The van der Waals surface area contributed by atoms with Crippen LogP contribution in [0.25, 0.3) is 11.2 Å². The molecule has 3 atom stereocenters. The molecule has 1 saturated heterocycles. The minimum atomic E-state index is 0.139. The van der Waals surface area contributed by atoms with E-state index in [-0.39, 0.29) is 30.6 Å². The Morgan fingerprint density at radius 1 is 1.30 bits per heavy atom. The van der Waals surface area contributed by atoms with Crippen molar-refractivity contribution in [1.82, 2.24) is 19.5 Å². The van der Waals surface area contributed by atoms with Gasteiger partial charge in [-0.05, 0) is 12.8 Å². The summed E-state index contributed by atoms with van der Waals surface area (Å²) in [6.45, 7) is 1.78. The van der Waals surface area contributed by atoms with Gasteiger partial charge in [-0.15, -0.1) is 0 Å². The molecule has 2 aliphatic rings. The predicted molar refractivity (Wildman–Crippen MR) is 87.9 cm³/mol. The third-order valence-corrected chi connectivity index (χ3v) is 4.69. The van der Waals surface area contributed by atoms with Crippen molar-refractivity contribution < 1.29 is 5.11 Å². The van der Waals surface area contributed by atoms with Crippen LogP contribution in [0.15, 0.2) is 18.5 Å². The van der Waals surface area contributed by atoms with Crippen molar-refractivity contribution in [2.45, 2.75) is 24.9 Å². The summed E-state index contributed by atoms with van der Waals surface area (Å²) in [6.07, 6.45) is 7.70. The van der Waals surface area contributed by atoms with E-state index in [1.165, 1.54) is 0 Å². The Hall–Kier alpha value is -2.19. The smallest absolute Gasteiger partial charge is 0.224 e. The Morgan fingerprint density at radius 2 is 2.17 bits per heavy atom. The molecule has 4 rings (SSSR count). The van der Waals surface area contributed by atoms with Crippen LogP contribution in [0.3, 0.4) is 0 Å². The number of aliphatic hydroxyl groups excluding tert-OH is 1. The van der Waals surface area contributed by atoms with Gasteiger partial charge in [0.2, 0.25) is 5.95 Å². The lowest BCUT2D eigenvalue weighted by Crippen LogP contribution is -2.27. The Balaban J connectivity index is 1.75. The molecule has 1 aliphatic carbocycles. The molecule has 0 amide bonds. The number of imidazole rings is 1. The largest absolute Gasteiger partial charge is 0.396 e. The van der Waals surface area contributed by atoms with Gasteiger partial charge < -0.3 is 26.0 Å². The standard InChI is InChI=1S/C15H21N7O/c16-10-3-4-21(6-10)13-12-14(20-15(17)19-13)22(8-18-12)11-2-1-9(5-11)7-23/h1-2,8-11,23H,3-7,16H2,(H2,17,19,20)/t9-,10-,11+/m1/s1. The van der Waals surface area contributed by atoms with E-state index in [1.54, 1.807) is 6.33 Å². The highest BCUT2D eigenvalue weighted by Crippen LogP contribution is 2.32. The van der Waals surface area contributed by atoms with E-state index in [9.17, 15) is 5.11 Å². The number of anilines is 2. The second-order valence-corrected chi connectivity index (χ2v) is 6.35. The lowest BCUT2D eigenvalue weighted by Gasteiger charge is -2.18. The van der Waals surface area contributed by atoms with Crippen molar-refractivity contribution in [2.24, 2.45) is 11.7 Å². The first-order valence-corrected chi connectivity index (χ1v) is 7.95. The molecule has 23 heavy (non-hydrogen) atoms. The topological polar surface area (TPSA) is 119 Å². The maximum Gasteiger partial charge on any atom is 0.224 e. The first-order valence-electron chi connectivity index (χ1n) is 7.95. The van der Waals surface area contributed by atoms with Crippen molar-refractivity contribution in [2.75, 3.05) is 30.3 Å². The maximum atomic E-state index is 9.31. The average Bonchev–Trinajstić information content (AvgIpc) is 3.24. The minimum Gasteiger partial charge on any atom is -0.396 e. The normalized spacial score (nSPS) is 27.4. The zero-order chi connectivity index (χ0) is 16.0. The van der Waals surface area contributed by atoms with E-state index in [0.29, 0.717) is 0 Å². The van der Waals surface area contributed by atoms with Crippen LogP contribution >= 0.6 is 0 Å². The lowest BCUT2D eigenvalue weighted by atomic mass is 10.1. The van der Waals surface area contributed by atoms with Crippen molar-refractivity contribution >= 4 is 22.9 Å². The van der Waals surface area contributed by atoms with Crippen molar-refractivity contribution in [1.29, 1.82) is 0 Å². The molecule has 3 heterocycles. The van der Waals surface area contributed by atoms with Gasteiger partial charge in [-0.2, -0.15) is 9.97 Å². The van der Waals surface area contributed by atoms with Crippen molar-refractivity contribution in [3.05, 3.63) is 18.5 Å². The lowest BCUT2D eigenvalue weighted by molar-refractivity contribution is 0.244. The van der Waals surface area contributed by atoms with Gasteiger partial charge >= 0.3 is 0 Å². The summed E-state index contributed by atoms with van der Waals surface area (Å²) in [5, 5.41) is 9.31. The molecule has 1 aliphatic heterocycles. The summed E-state index contributed by atoms with van der Waals surface area (Å²) in [5.41, 5.74) is 13.4. The molecule has 0 bridgehead atoms. The fraction of sp³-hybridized carbons (Fsp3) is 0.533. The van der Waals surface area contributed by atoms with Gasteiger partial charge in [0.05, 0.1) is 12.4 Å². The molecule has 0 radical (unpaired) electrons. The number of nitrogens with zero attached hydrogens (tertiary/aromatic N) is 5. The van der Waals surface area contributed by atoms with Crippen molar-refractivity contribution in [3.63, 3.8) is 0 Å². The SMILES string of the molecule is Nc1nc(N2CC[C@@H](N)C2)c2ncn([C@H]3C=C[C@@H](CO)C3)c2n1. The highest BCUT2D eigenvalue weighted by atomic mass is 16.3. The highest BCUT2D eigenvalue weighted by molar-refractivity contribution is 5.85. The van der Waals surface area contributed by atoms with Gasteiger partial charge in [0.25, 0.3) is 0 Å². The molecule has 8 nitrogen and oxygen atoms in total. The van der Waals surface area contributed by atoms with Gasteiger partial charge in [-0.3, -0.25) is 0 Å². The van der Waals surface area contributed by atoms with E-state index in [1.807, 2.05) is 10.6 Å². The number of fused-ring (bicyclic) bond motifs is 1. The summed E-state index contributed by atoms with van der Waals surface area (Å²) in [4.78, 5) is 15.4. The molecule has 1 fully saturated rings. The Labute approximate surface area is 133 Å². The second-order valence-electron chi connectivity index (χ2n) is 6.35. The third-order valence-electron chi connectivity index (χ3n) is 4.69. The maximum absolute atomic E-state index is 9.31. The van der Waals surface area contributed by atoms with Gasteiger partial charge in [0.1, 0.15) is 0 Å². The Kier molecular flexibility index (Phi) is 3.42. The van der Waals surface area contributed by atoms with E-state index in [0.717, 1.165) is 42.9 Å². The van der Waals surface area contributed by atoms with Crippen LogP contribution in [-0.2, 0) is 0 Å². The number of hydrogen-bond donors (Lipinski definition) is 3. The fourth-order valence-corrected chi connectivity index (χ4v) is 3.46. The number of hydrogen-bond acceptors (Lipinski definition) is 7. The first-order chi connectivity index (χ1) is 11.2. The monoisotopic (exact) mass is 315 g/mol. The van der Waals surface area contributed by atoms with Crippen LogP contribution in [0.4, 0.5) is 11.8 Å². The predicted octanol–water partition coefficient (Wildman–Crippen LogP) is 0.0554. The average molecular weight is 315 g/mol. The van der Waals surface area contributed by atoms with Gasteiger partial charge in [-0.25, -0.2) is 4.98 Å². The highest BCUT2D eigenvalue weighted by Gasteiger charge is 2.27. The molecule has 0 spiro atoms. The Bertz CT molecular complexity index is 756. The van der Waals surface area contributed by atoms with Crippen LogP contribution in [-0.4, -0.2) is 50.4 Å². The molecule has 2 aromatic rings. The Morgan fingerprint density at radius 3 is 2.87 bits per heavy atom. The first kappa shape index (κ1) is 14.4. The summed E-state index contributed by atoms with van der Waals surface area (Å²) in [5.74, 6) is 1.20. The summed E-state index contributed by atoms with van der Waals surface area (Å²) < 4.78 is 2.01. The number of nitrogens with two attached hydrogens (primary N) is 2. The van der Waals surface area contributed by atoms with Crippen LogP contribution in [0.2, 0.25) is 0 Å². The molecule has 5 N–H and O–H groups in total. The second kappa shape index (κ2) is 5.47. The van der Waals surface area contributed by atoms with E-state index in [2.05, 4.69) is 25.9 Å². The molecule has 0 aromatic carbocycles. The molecule has 8 heteroatoms. The number of nitrogen functional groups attached to an aromatic ring is 1. The fourth-order valence-electron chi connectivity index (χ4n) is 3.46. The van der Waals surface area contributed by atoms with E-state index in [4.69, 9.17) is 11.5 Å². The van der Waals surface area contributed by atoms with E-state index >= 15 is 0 Å². The summed E-state index contributed by atoms with van der Waals surface area (Å²) in [6, 6.07) is 0.298. The third kappa shape index (κ3) is 2.43. The summed E-state index contributed by atoms with van der Waals surface area (Å²) in [7, 11) is 0. The summed E-state index contributed by atoms with van der Waals surface area (Å²) >= 11 is 0. The number of aromatic nitrogens is 4. The molecule has 0 saturated carbocycles.